The van der Waals surface area contributed by atoms with Crippen LogP contribution in [0.4, 0.5) is 0 Å². The normalized spacial score (nSPS) is 15.7. The molecule has 5 heteroatoms. The van der Waals surface area contributed by atoms with Crippen LogP contribution in [0.1, 0.15) is 38.1 Å². The van der Waals surface area contributed by atoms with Gasteiger partial charge in [0, 0.05) is 22.5 Å². The molecule has 5 rings (SSSR count). The number of thiophene rings is 1. The third-order valence-electron chi connectivity index (χ3n) is 5.49. The van der Waals surface area contributed by atoms with Crippen molar-refractivity contribution in [2.45, 2.75) is 19.4 Å². The smallest absolute Gasteiger partial charge is 0.273 e. The minimum Gasteiger partial charge on any atom is -0.325 e. The molecule has 0 aliphatic carbocycles. The van der Waals surface area contributed by atoms with E-state index in [1.807, 2.05) is 29.2 Å². The van der Waals surface area contributed by atoms with Gasteiger partial charge in [0.05, 0.1) is 11.7 Å². The summed E-state index contributed by atoms with van der Waals surface area (Å²) in [7, 11) is 0. The minimum absolute atomic E-state index is 0.0280. The lowest BCUT2D eigenvalue weighted by atomic mass is 10.00. The standard InChI is InChI=1S/C24H21N3OS/c1-16-9-11-18(12-10-16)21-20-22(26-25-21)24(28)27(23(20)19-8-5-15-29-19)14-13-17-6-3-2-4-7-17/h2-12,15,23H,13-14H2,1H3,(H,25,26). The van der Waals surface area contributed by atoms with Gasteiger partial charge in [0.2, 0.25) is 0 Å². The molecule has 1 unspecified atom stereocenters. The van der Waals surface area contributed by atoms with E-state index in [1.165, 1.54) is 16.0 Å². The number of aromatic nitrogens is 2. The molecule has 3 heterocycles. The van der Waals surface area contributed by atoms with Crippen molar-refractivity contribution in [2.24, 2.45) is 0 Å². The zero-order valence-corrected chi connectivity index (χ0v) is 16.9. The number of benzene rings is 2. The van der Waals surface area contributed by atoms with E-state index >= 15 is 0 Å². The van der Waals surface area contributed by atoms with E-state index in [1.54, 1.807) is 11.3 Å². The number of rotatable bonds is 5. The van der Waals surface area contributed by atoms with Crippen LogP contribution in [0.2, 0.25) is 0 Å². The van der Waals surface area contributed by atoms with Crippen molar-refractivity contribution >= 4 is 17.2 Å². The van der Waals surface area contributed by atoms with Crippen LogP contribution in [0, 0.1) is 6.92 Å². The molecule has 2 aromatic carbocycles. The van der Waals surface area contributed by atoms with Gasteiger partial charge in [-0.2, -0.15) is 5.10 Å². The molecule has 144 valence electrons. The van der Waals surface area contributed by atoms with Crippen LogP contribution in [0.15, 0.2) is 72.1 Å². The van der Waals surface area contributed by atoms with Crippen molar-refractivity contribution in [2.75, 3.05) is 6.54 Å². The number of hydrogen-bond acceptors (Lipinski definition) is 3. The fourth-order valence-corrected chi connectivity index (χ4v) is 4.84. The maximum atomic E-state index is 13.3. The third kappa shape index (κ3) is 3.17. The molecule has 0 fully saturated rings. The molecular formula is C24H21N3OS. The number of fused-ring (bicyclic) bond motifs is 1. The molecule has 0 saturated carbocycles. The zero-order chi connectivity index (χ0) is 19.8. The number of aromatic amines is 1. The highest BCUT2D eigenvalue weighted by Crippen LogP contribution is 2.44. The van der Waals surface area contributed by atoms with Crippen molar-refractivity contribution < 1.29 is 4.79 Å². The van der Waals surface area contributed by atoms with Gasteiger partial charge < -0.3 is 4.90 Å². The first-order valence-electron chi connectivity index (χ1n) is 9.76. The first kappa shape index (κ1) is 17.9. The summed E-state index contributed by atoms with van der Waals surface area (Å²) >= 11 is 1.69. The van der Waals surface area contributed by atoms with Crippen molar-refractivity contribution in [1.29, 1.82) is 0 Å². The van der Waals surface area contributed by atoms with E-state index in [2.05, 4.69) is 65.0 Å². The number of nitrogens with zero attached hydrogens (tertiary/aromatic N) is 2. The second kappa shape index (κ2) is 7.33. The number of aryl methyl sites for hydroxylation is 1. The molecule has 0 saturated heterocycles. The van der Waals surface area contributed by atoms with Crippen LogP contribution < -0.4 is 0 Å². The molecule has 1 aliphatic rings. The topological polar surface area (TPSA) is 49.0 Å². The van der Waals surface area contributed by atoms with Gasteiger partial charge in [-0.3, -0.25) is 9.89 Å². The Balaban J connectivity index is 1.55. The summed E-state index contributed by atoms with van der Waals surface area (Å²) in [6.07, 6.45) is 0.825. The fourth-order valence-electron chi connectivity index (χ4n) is 4.00. The van der Waals surface area contributed by atoms with Gasteiger partial charge in [-0.05, 0) is 30.4 Å². The largest absolute Gasteiger partial charge is 0.325 e. The number of nitrogens with one attached hydrogen (secondary N) is 1. The summed E-state index contributed by atoms with van der Waals surface area (Å²) in [5.41, 5.74) is 5.96. The number of carbonyl (C=O) groups is 1. The Morgan fingerprint density at radius 1 is 1.03 bits per heavy atom. The van der Waals surface area contributed by atoms with Gasteiger partial charge in [0.1, 0.15) is 5.69 Å². The minimum atomic E-state index is -0.101. The molecule has 0 radical (unpaired) electrons. The van der Waals surface area contributed by atoms with Crippen LogP contribution >= 0.6 is 11.3 Å². The van der Waals surface area contributed by atoms with Gasteiger partial charge in [-0.15, -0.1) is 11.3 Å². The first-order chi connectivity index (χ1) is 14.2. The van der Waals surface area contributed by atoms with Gasteiger partial charge >= 0.3 is 0 Å². The zero-order valence-electron chi connectivity index (χ0n) is 16.1. The van der Waals surface area contributed by atoms with Crippen LogP contribution in [-0.4, -0.2) is 27.5 Å². The molecular weight excluding hydrogens is 378 g/mol. The van der Waals surface area contributed by atoms with E-state index < -0.39 is 0 Å². The van der Waals surface area contributed by atoms with Gasteiger partial charge in [-0.25, -0.2) is 0 Å². The average molecular weight is 400 g/mol. The Hall–Kier alpha value is -3.18. The van der Waals surface area contributed by atoms with Crippen molar-refractivity contribution in [3.05, 3.63) is 99.4 Å². The lowest BCUT2D eigenvalue weighted by molar-refractivity contribution is 0.0748. The Morgan fingerprint density at radius 2 is 1.83 bits per heavy atom. The number of hydrogen-bond donors (Lipinski definition) is 1. The van der Waals surface area contributed by atoms with Crippen LogP contribution in [0.25, 0.3) is 11.3 Å². The maximum Gasteiger partial charge on any atom is 0.273 e. The van der Waals surface area contributed by atoms with Crippen molar-refractivity contribution in [3.8, 4) is 11.3 Å². The molecule has 2 aromatic heterocycles. The lowest BCUT2D eigenvalue weighted by Gasteiger charge is -2.25. The monoisotopic (exact) mass is 399 g/mol. The molecule has 1 aliphatic heterocycles. The van der Waals surface area contributed by atoms with Gasteiger partial charge in [0.15, 0.2) is 0 Å². The average Bonchev–Trinajstić information content (AvgIpc) is 3.47. The first-order valence-corrected chi connectivity index (χ1v) is 10.6. The molecule has 4 aromatic rings. The van der Waals surface area contributed by atoms with Gasteiger partial charge in [0.25, 0.3) is 5.91 Å². The SMILES string of the molecule is Cc1ccc(-c2n[nH]c3c2C(c2cccs2)N(CCc2ccccc2)C3=O)cc1. The van der Waals surface area contributed by atoms with Crippen LogP contribution in [0.3, 0.4) is 0 Å². The summed E-state index contributed by atoms with van der Waals surface area (Å²) in [5.74, 6) is 0.0280. The predicted octanol–water partition coefficient (Wildman–Crippen LogP) is 5.23. The number of amides is 1. The Morgan fingerprint density at radius 3 is 2.55 bits per heavy atom. The molecule has 29 heavy (non-hydrogen) atoms. The number of H-pyrrole nitrogens is 1. The highest BCUT2D eigenvalue weighted by atomic mass is 32.1. The quantitative estimate of drug-likeness (QED) is 0.499. The predicted molar refractivity (Wildman–Crippen MR) is 116 cm³/mol. The van der Waals surface area contributed by atoms with E-state index in [-0.39, 0.29) is 11.9 Å². The second-order valence-electron chi connectivity index (χ2n) is 7.38. The molecule has 0 spiro atoms. The van der Waals surface area contributed by atoms with E-state index in [4.69, 9.17) is 0 Å². The van der Waals surface area contributed by atoms with E-state index in [0.29, 0.717) is 12.2 Å². The highest BCUT2D eigenvalue weighted by molar-refractivity contribution is 7.10. The third-order valence-corrected chi connectivity index (χ3v) is 6.41. The maximum absolute atomic E-state index is 13.3. The van der Waals surface area contributed by atoms with Crippen molar-refractivity contribution in [3.63, 3.8) is 0 Å². The Kier molecular flexibility index (Phi) is 4.52. The van der Waals surface area contributed by atoms with Crippen LogP contribution in [-0.2, 0) is 6.42 Å². The Labute approximate surface area is 173 Å². The van der Waals surface area contributed by atoms with Crippen LogP contribution in [0.5, 0.6) is 0 Å². The van der Waals surface area contributed by atoms with E-state index in [9.17, 15) is 4.79 Å². The molecule has 4 nitrogen and oxygen atoms in total. The molecule has 1 amide bonds. The van der Waals surface area contributed by atoms with E-state index in [0.717, 1.165) is 23.2 Å². The second-order valence-corrected chi connectivity index (χ2v) is 8.36. The lowest BCUT2D eigenvalue weighted by Crippen LogP contribution is -2.31. The van der Waals surface area contributed by atoms with Gasteiger partial charge in [-0.1, -0.05) is 66.2 Å². The Bertz CT molecular complexity index is 1130. The summed E-state index contributed by atoms with van der Waals surface area (Å²) in [5, 5.41) is 9.63. The summed E-state index contributed by atoms with van der Waals surface area (Å²) in [4.78, 5) is 16.4. The highest BCUT2D eigenvalue weighted by Gasteiger charge is 2.42. The molecule has 1 N–H and O–H groups in total. The summed E-state index contributed by atoms with van der Waals surface area (Å²) in [6, 6.07) is 22.7. The molecule has 0 bridgehead atoms. The number of carbonyl (C=O) groups excluding carboxylic acids is 1. The van der Waals surface area contributed by atoms with Crippen molar-refractivity contribution in [1.82, 2.24) is 15.1 Å². The fraction of sp³-hybridized carbons (Fsp3) is 0.167. The summed E-state index contributed by atoms with van der Waals surface area (Å²) < 4.78 is 0. The molecule has 1 atom stereocenters. The summed E-state index contributed by atoms with van der Waals surface area (Å²) in [6.45, 7) is 2.74.